The Labute approximate surface area is 115 Å². The number of rotatable bonds is 8. The normalized spacial score (nSPS) is 13.3. The van der Waals surface area contributed by atoms with Crippen LogP contribution in [0.15, 0.2) is 18.7 Å². The minimum absolute atomic E-state index is 0.0683. The molecule has 5 heteroatoms. The summed E-state index contributed by atoms with van der Waals surface area (Å²) in [5, 5.41) is 12.3. The third-order valence-electron chi connectivity index (χ3n) is 2.99. The third-order valence-corrected chi connectivity index (χ3v) is 2.99. The van der Waals surface area contributed by atoms with Crippen molar-refractivity contribution in [3.05, 3.63) is 18.7 Å². The van der Waals surface area contributed by atoms with Gasteiger partial charge in [0.05, 0.1) is 12.4 Å². The van der Waals surface area contributed by atoms with Crippen LogP contribution in [0.1, 0.15) is 40.0 Å². The van der Waals surface area contributed by atoms with Crippen LogP contribution < -0.4 is 5.32 Å². The highest BCUT2D eigenvalue weighted by molar-refractivity contribution is 5.75. The van der Waals surface area contributed by atoms with Crippen LogP contribution >= 0.6 is 0 Å². The minimum Gasteiger partial charge on any atom is -0.393 e. The number of hydrogen-bond acceptors (Lipinski definition) is 3. The average molecular weight is 267 g/mol. The molecule has 0 aromatic carbocycles. The maximum Gasteiger partial charge on any atom is 0.220 e. The number of imidazole rings is 1. The molecule has 1 aromatic rings. The molecule has 1 rings (SSSR count). The molecule has 0 spiro atoms. The maximum absolute atomic E-state index is 11.7. The molecule has 0 radical (unpaired) electrons. The van der Waals surface area contributed by atoms with Gasteiger partial charge in [0.15, 0.2) is 0 Å². The molecule has 2 N–H and O–H groups in total. The largest absolute Gasteiger partial charge is 0.393 e. The van der Waals surface area contributed by atoms with Crippen LogP contribution in [0.2, 0.25) is 0 Å². The second-order valence-electron chi connectivity index (χ2n) is 5.90. The molecule has 1 aromatic heterocycles. The number of carbonyl (C=O) groups is 1. The molecule has 1 amide bonds. The van der Waals surface area contributed by atoms with E-state index in [1.54, 1.807) is 19.4 Å². The lowest BCUT2D eigenvalue weighted by Crippen LogP contribution is -2.35. The van der Waals surface area contributed by atoms with Crippen LogP contribution in [-0.2, 0) is 11.3 Å². The fourth-order valence-corrected chi connectivity index (χ4v) is 2.14. The molecule has 0 saturated carbocycles. The van der Waals surface area contributed by atoms with E-state index in [4.69, 9.17) is 0 Å². The second kappa shape index (κ2) is 7.28. The van der Waals surface area contributed by atoms with Crippen LogP contribution in [0.3, 0.4) is 0 Å². The molecule has 1 atom stereocenters. The van der Waals surface area contributed by atoms with E-state index in [0.717, 1.165) is 13.0 Å². The summed E-state index contributed by atoms with van der Waals surface area (Å²) >= 11 is 0. The van der Waals surface area contributed by atoms with Crippen molar-refractivity contribution in [3.8, 4) is 0 Å². The molecule has 5 nitrogen and oxygen atoms in total. The summed E-state index contributed by atoms with van der Waals surface area (Å²) in [7, 11) is 0. The Kier molecular flexibility index (Phi) is 6.02. The quantitative estimate of drug-likeness (QED) is 0.751. The maximum atomic E-state index is 11.7. The van der Waals surface area contributed by atoms with Crippen molar-refractivity contribution in [1.29, 1.82) is 0 Å². The van der Waals surface area contributed by atoms with Crippen molar-refractivity contribution in [2.75, 3.05) is 6.54 Å². The fraction of sp³-hybridized carbons (Fsp3) is 0.714. The molecule has 108 valence electrons. The number of aliphatic hydroxyl groups is 1. The molecule has 19 heavy (non-hydrogen) atoms. The Hall–Kier alpha value is -1.36. The van der Waals surface area contributed by atoms with E-state index >= 15 is 0 Å². The first-order valence-electron chi connectivity index (χ1n) is 6.79. The van der Waals surface area contributed by atoms with Crippen LogP contribution in [-0.4, -0.2) is 33.2 Å². The Bertz CT molecular complexity index is 372. The Morgan fingerprint density at radius 3 is 2.84 bits per heavy atom. The van der Waals surface area contributed by atoms with Gasteiger partial charge < -0.3 is 15.0 Å². The van der Waals surface area contributed by atoms with Crippen molar-refractivity contribution in [1.82, 2.24) is 14.9 Å². The number of nitrogens with one attached hydrogen (secondary N) is 1. The number of nitrogens with zero attached hydrogens (tertiary/aromatic N) is 2. The molecular formula is C14H25N3O2. The molecule has 0 saturated heterocycles. The highest BCUT2D eigenvalue weighted by Gasteiger charge is 2.20. The zero-order valence-corrected chi connectivity index (χ0v) is 12.1. The Morgan fingerprint density at radius 1 is 1.53 bits per heavy atom. The summed E-state index contributed by atoms with van der Waals surface area (Å²) in [4.78, 5) is 15.7. The number of aryl methyl sites for hydroxylation is 1. The van der Waals surface area contributed by atoms with E-state index in [1.165, 1.54) is 0 Å². The van der Waals surface area contributed by atoms with Gasteiger partial charge in [0, 0.05) is 31.9 Å². The predicted octanol–water partition coefficient (Wildman–Crippen LogP) is 1.58. The van der Waals surface area contributed by atoms with Crippen molar-refractivity contribution >= 4 is 5.91 Å². The highest BCUT2D eigenvalue weighted by atomic mass is 16.3. The highest BCUT2D eigenvalue weighted by Crippen LogP contribution is 2.21. The SMILES string of the molecule is CC(O)CC(C)(C)CNC(=O)CCCn1ccnc1. The zero-order valence-electron chi connectivity index (χ0n) is 12.1. The molecule has 0 bridgehead atoms. The number of aromatic nitrogens is 2. The van der Waals surface area contributed by atoms with Gasteiger partial charge in [-0.15, -0.1) is 0 Å². The molecule has 0 aliphatic heterocycles. The topological polar surface area (TPSA) is 67.2 Å². The molecule has 0 aliphatic carbocycles. The van der Waals surface area contributed by atoms with Gasteiger partial charge in [0.25, 0.3) is 0 Å². The summed E-state index contributed by atoms with van der Waals surface area (Å²) in [5.74, 6) is 0.0683. The van der Waals surface area contributed by atoms with Crippen molar-refractivity contribution in [2.45, 2.75) is 52.7 Å². The van der Waals surface area contributed by atoms with Gasteiger partial charge in [-0.3, -0.25) is 4.79 Å². The first-order valence-corrected chi connectivity index (χ1v) is 6.79. The van der Waals surface area contributed by atoms with Crippen molar-refractivity contribution in [3.63, 3.8) is 0 Å². The van der Waals surface area contributed by atoms with Crippen LogP contribution in [0.5, 0.6) is 0 Å². The van der Waals surface area contributed by atoms with Gasteiger partial charge in [0.2, 0.25) is 5.91 Å². The van der Waals surface area contributed by atoms with Gasteiger partial charge in [-0.2, -0.15) is 0 Å². The van der Waals surface area contributed by atoms with Gasteiger partial charge in [-0.1, -0.05) is 13.8 Å². The molecule has 1 unspecified atom stereocenters. The lowest BCUT2D eigenvalue weighted by Gasteiger charge is -2.26. The van der Waals surface area contributed by atoms with Crippen molar-refractivity contribution < 1.29 is 9.90 Å². The number of hydrogen-bond donors (Lipinski definition) is 2. The van der Waals surface area contributed by atoms with Crippen LogP contribution in [0.25, 0.3) is 0 Å². The molecule has 1 heterocycles. The van der Waals surface area contributed by atoms with Gasteiger partial charge in [0.1, 0.15) is 0 Å². The summed E-state index contributed by atoms with van der Waals surface area (Å²) in [6.45, 7) is 7.28. The van der Waals surface area contributed by atoms with Crippen LogP contribution in [0.4, 0.5) is 0 Å². The zero-order chi connectivity index (χ0) is 14.3. The summed E-state index contributed by atoms with van der Waals surface area (Å²) in [6.07, 6.45) is 7.05. The standard InChI is InChI=1S/C14H25N3O2/c1-12(18)9-14(2,3)10-16-13(19)5-4-7-17-8-6-15-11-17/h6,8,11-12,18H,4-5,7,9-10H2,1-3H3,(H,16,19). The van der Waals surface area contributed by atoms with E-state index in [0.29, 0.717) is 19.4 Å². The monoisotopic (exact) mass is 267 g/mol. The van der Waals surface area contributed by atoms with Gasteiger partial charge in [-0.25, -0.2) is 4.98 Å². The number of aliphatic hydroxyl groups excluding tert-OH is 1. The lowest BCUT2D eigenvalue weighted by atomic mass is 9.87. The molecule has 0 fully saturated rings. The Balaban J connectivity index is 2.17. The molecular weight excluding hydrogens is 242 g/mol. The van der Waals surface area contributed by atoms with E-state index < -0.39 is 0 Å². The van der Waals surface area contributed by atoms with Crippen molar-refractivity contribution in [2.24, 2.45) is 5.41 Å². The van der Waals surface area contributed by atoms with Crippen LogP contribution in [0, 0.1) is 5.41 Å². The summed E-state index contributed by atoms with van der Waals surface area (Å²) in [6, 6.07) is 0. The van der Waals surface area contributed by atoms with Gasteiger partial charge in [-0.05, 0) is 25.2 Å². The number of carbonyl (C=O) groups excluding carboxylic acids is 1. The first kappa shape index (κ1) is 15.7. The minimum atomic E-state index is -0.340. The van der Waals surface area contributed by atoms with E-state index in [1.807, 2.05) is 24.6 Å². The number of amides is 1. The van der Waals surface area contributed by atoms with E-state index in [9.17, 15) is 9.90 Å². The fourth-order valence-electron chi connectivity index (χ4n) is 2.14. The van der Waals surface area contributed by atoms with E-state index in [-0.39, 0.29) is 17.4 Å². The third kappa shape index (κ3) is 6.96. The lowest BCUT2D eigenvalue weighted by molar-refractivity contribution is -0.121. The molecule has 0 aliphatic rings. The summed E-state index contributed by atoms with van der Waals surface area (Å²) in [5.41, 5.74) is -0.0752. The summed E-state index contributed by atoms with van der Waals surface area (Å²) < 4.78 is 1.96. The predicted molar refractivity (Wildman–Crippen MR) is 74.5 cm³/mol. The first-order chi connectivity index (χ1) is 8.89. The average Bonchev–Trinajstić information content (AvgIpc) is 2.78. The second-order valence-corrected chi connectivity index (χ2v) is 5.90. The Morgan fingerprint density at radius 2 is 2.26 bits per heavy atom. The van der Waals surface area contributed by atoms with E-state index in [2.05, 4.69) is 10.3 Å². The smallest absolute Gasteiger partial charge is 0.220 e. The van der Waals surface area contributed by atoms with Gasteiger partial charge >= 0.3 is 0 Å².